The zero-order chi connectivity index (χ0) is 13.8. The molecule has 1 fully saturated rings. The summed E-state index contributed by atoms with van der Waals surface area (Å²) in [5, 5.41) is 10.00. The number of hydrogen-bond acceptors (Lipinski definition) is 3. The van der Waals surface area contributed by atoms with Crippen molar-refractivity contribution >= 4 is 6.41 Å². The van der Waals surface area contributed by atoms with Gasteiger partial charge in [-0.05, 0) is 17.7 Å². The van der Waals surface area contributed by atoms with Crippen LogP contribution in [0.15, 0.2) is 18.2 Å². The van der Waals surface area contributed by atoms with Crippen molar-refractivity contribution in [1.82, 2.24) is 9.80 Å². The minimum absolute atomic E-state index is 0.345. The van der Waals surface area contributed by atoms with E-state index in [2.05, 4.69) is 0 Å². The maximum absolute atomic E-state index is 13.1. The number of halogens is 2. The molecule has 1 unspecified atom stereocenters. The molecular formula is C13H16F2N2O2. The van der Waals surface area contributed by atoms with E-state index < -0.39 is 17.7 Å². The molecule has 1 heterocycles. The van der Waals surface area contributed by atoms with Crippen molar-refractivity contribution in [2.75, 3.05) is 32.7 Å². The number of carbonyl (C=O) groups excluding carboxylic acids is 1. The zero-order valence-electron chi connectivity index (χ0n) is 10.4. The molecule has 0 spiro atoms. The normalized spacial score (nSPS) is 18.4. The Morgan fingerprint density at radius 1 is 1.21 bits per heavy atom. The molecule has 1 aromatic rings. The number of benzene rings is 1. The highest BCUT2D eigenvalue weighted by Crippen LogP contribution is 2.18. The first-order chi connectivity index (χ1) is 9.10. The Hall–Kier alpha value is -1.53. The number of aliphatic hydroxyl groups excluding tert-OH is 1. The van der Waals surface area contributed by atoms with E-state index in [1.165, 1.54) is 6.07 Å². The minimum atomic E-state index is -0.956. The Morgan fingerprint density at radius 3 is 2.47 bits per heavy atom. The molecule has 4 nitrogen and oxygen atoms in total. The lowest BCUT2D eigenvalue weighted by Gasteiger charge is -2.33. The summed E-state index contributed by atoms with van der Waals surface area (Å²) >= 11 is 0. The van der Waals surface area contributed by atoms with Crippen LogP contribution >= 0.6 is 0 Å². The number of carbonyl (C=O) groups is 1. The van der Waals surface area contributed by atoms with Crippen molar-refractivity contribution in [3.05, 3.63) is 35.4 Å². The van der Waals surface area contributed by atoms with Gasteiger partial charge in [-0.1, -0.05) is 6.07 Å². The molecule has 1 aliphatic heterocycles. The lowest BCUT2D eigenvalue weighted by Crippen LogP contribution is -2.46. The van der Waals surface area contributed by atoms with Crippen LogP contribution in [0, 0.1) is 11.6 Å². The van der Waals surface area contributed by atoms with E-state index in [0.717, 1.165) is 18.5 Å². The molecule has 2 rings (SSSR count). The lowest BCUT2D eigenvalue weighted by molar-refractivity contribution is -0.119. The third-order valence-corrected chi connectivity index (χ3v) is 3.32. The molecule has 0 aliphatic carbocycles. The maximum atomic E-state index is 13.1. The molecule has 1 atom stereocenters. The summed E-state index contributed by atoms with van der Waals surface area (Å²) < 4.78 is 25.9. The molecule has 0 saturated carbocycles. The van der Waals surface area contributed by atoms with Gasteiger partial charge in [-0.3, -0.25) is 9.69 Å². The predicted octanol–water partition coefficient (Wildman–Crippen LogP) is 0.772. The molecule has 1 aromatic carbocycles. The van der Waals surface area contributed by atoms with Crippen molar-refractivity contribution in [2.45, 2.75) is 6.10 Å². The summed E-state index contributed by atoms with van der Waals surface area (Å²) in [5.41, 5.74) is 0.358. The first-order valence-corrected chi connectivity index (χ1v) is 6.15. The quantitative estimate of drug-likeness (QED) is 0.822. The molecule has 1 aliphatic rings. The van der Waals surface area contributed by atoms with Gasteiger partial charge in [0.05, 0.1) is 6.10 Å². The molecule has 19 heavy (non-hydrogen) atoms. The molecule has 0 aromatic heterocycles. The number of amides is 1. The summed E-state index contributed by atoms with van der Waals surface area (Å²) in [7, 11) is 0. The second kappa shape index (κ2) is 6.08. The van der Waals surface area contributed by atoms with Gasteiger partial charge in [0.1, 0.15) is 0 Å². The van der Waals surface area contributed by atoms with Gasteiger partial charge in [0.25, 0.3) is 0 Å². The van der Waals surface area contributed by atoms with Crippen molar-refractivity contribution in [1.29, 1.82) is 0 Å². The average Bonchev–Trinajstić information content (AvgIpc) is 2.42. The zero-order valence-corrected chi connectivity index (χ0v) is 10.4. The summed E-state index contributed by atoms with van der Waals surface area (Å²) in [6, 6.07) is 3.41. The molecule has 1 amide bonds. The molecule has 104 valence electrons. The second-order valence-corrected chi connectivity index (χ2v) is 4.63. The van der Waals surface area contributed by atoms with Crippen LogP contribution in [0.1, 0.15) is 11.7 Å². The Bertz CT molecular complexity index is 448. The molecule has 0 radical (unpaired) electrons. The second-order valence-electron chi connectivity index (χ2n) is 4.63. The predicted molar refractivity (Wildman–Crippen MR) is 65.4 cm³/mol. The molecule has 1 N–H and O–H groups in total. The molecule has 0 bridgehead atoms. The lowest BCUT2D eigenvalue weighted by atomic mass is 10.1. The Balaban J connectivity index is 1.92. The third-order valence-electron chi connectivity index (χ3n) is 3.32. The summed E-state index contributed by atoms with van der Waals surface area (Å²) in [4.78, 5) is 14.2. The highest BCUT2D eigenvalue weighted by Gasteiger charge is 2.19. The Labute approximate surface area is 110 Å². The summed E-state index contributed by atoms with van der Waals surface area (Å²) in [6.07, 6.45) is -0.0544. The van der Waals surface area contributed by atoms with Crippen LogP contribution in [0.25, 0.3) is 0 Å². The summed E-state index contributed by atoms with van der Waals surface area (Å²) in [5.74, 6) is -1.88. The maximum Gasteiger partial charge on any atom is 0.209 e. The van der Waals surface area contributed by atoms with Crippen LogP contribution in [0.5, 0.6) is 0 Å². The van der Waals surface area contributed by atoms with E-state index in [1.807, 2.05) is 4.90 Å². The number of piperazine rings is 1. The van der Waals surface area contributed by atoms with Crippen LogP contribution in [0.2, 0.25) is 0 Å². The number of β-amino-alcohol motifs (C(OH)–C–C–N with tert-alkyl or cyclic N) is 1. The van der Waals surface area contributed by atoms with Gasteiger partial charge in [-0.2, -0.15) is 0 Å². The monoisotopic (exact) mass is 270 g/mol. The van der Waals surface area contributed by atoms with Crippen molar-refractivity contribution in [3.8, 4) is 0 Å². The number of hydrogen-bond donors (Lipinski definition) is 1. The molecule has 6 heteroatoms. The highest BCUT2D eigenvalue weighted by atomic mass is 19.2. The van der Waals surface area contributed by atoms with Crippen LogP contribution in [-0.2, 0) is 4.79 Å². The minimum Gasteiger partial charge on any atom is -0.387 e. The van der Waals surface area contributed by atoms with Crippen LogP contribution in [0.4, 0.5) is 8.78 Å². The summed E-state index contributed by atoms with van der Waals surface area (Å²) in [6.45, 7) is 2.92. The van der Waals surface area contributed by atoms with Gasteiger partial charge in [-0.25, -0.2) is 8.78 Å². The van der Waals surface area contributed by atoms with Gasteiger partial charge in [0.15, 0.2) is 11.6 Å². The van der Waals surface area contributed by atoms with Crippen LogP contribution < -0.4 is 0 Å². The SMILES string of the molecule is O=CN1CCN(CC(O)c2ccc(F)c(F)c2)CC1. The largest absolute Gasteiger partial charge is 0.387 e. The van der Waals surface area contributed by atoms with E-state index in [4.69, 9.17) is 0 Å². The average molecular weight is 270 g/mol. The topological polar surface area (TPSA) is 43.8 Å². The van der Waals surface area contributed by atoms with Crippen molar-refractivity contribution < 1.29 is 18.7 Å². The van der Waals surface area contributed by atoms with Gasteiger partial charge in [0, 0.05) is 32.7 Å². The smallest absolute Gasteiger partial charge is 0.209 e. The van der Waals surface area contributed by atoms with Gasteiger partial charge in [0.2, 0.25) is 6.41 Å². The fraction of sp³-hybridized carbons (Fsp3) is 0.462. The van der Waals surface area contributed by atoms with E-state index in [9.17, 15) is 18.7 Å². The highest BCUT2D eigenvalue weighted by molar-refractivity contribution is 5.47. The fourth-order valence-electron chi connectivity index (χ4n) is 2.12. The Kier molecular flexibility index (Phi) is 4.44. The van der Waals surface area contributed by atoms with Crippen molar-refractivity contribution in [3.63, 3.8) is 0 Å². The standard InChI is InChI=1S/C13H16F2N2O2/c14-11-2-1-10(7-12(11)15)13(19)8-16-3-5-17(9-18)6-4-16/h1-2,7,9,13,19H,3-6,8H2. The molecule has 1 saturated heterocycles. The number of aliphatic hydroxyl groups is 1. The van der Waals surface area contributed by atoms with Crippen LogP contribution in [-0.4, -0.2) is 54.0 Å². The van der Waals surface area contributed by atoms with E-state index in [-0.39, 0.29) is 0 Å². The third kappa shape index (κ3) is 3.48. The fourth-order valence-corrected chi connectivity index (χ4v) is 2.12. The Morgan fingerprint density at radius 2 is 1.89 bits per heavy atom. The van der Waals surface area contributed by atoms with Crippen LogP contribution in [0.3, 0.4) is 0 Å². The van der Waals surface area contributed by atoms with E-state index in [1.54, 1.807) is 4.90 Å². The van der Waals surface area contributed by atoms with Crippen molar-refractivity contribution in [2.24, 2.45) is 0 Å². The first kappa shape index (κ1) is 13.9. The van der Waals surface area contributed by atoms with E-state index >= 15 is 0 Å². The number of nitrogens with zero attached hydrogens (tertiary/aromatic N) is 2. The van der Waals surface area contributed by atoms with Gasteiger partial charge < -0.3 is 10.0 Å². The first-order valence-electron chi connectivity index (χ1n) is 6.15. The van der Waals surface area contributed by atoms with Gasteiger partial charge in [-0.15, -0.1) is 0 Å². The number of rotatable bonds is 4. The van der Waals surface area contributed by atoms with E-state index in [0.29, 0.717) is 38.3 Å². The van der Waals surface area contributed by atoms with Gasteiger partial charge >= 0.3 is 0 Å². The molecular weight excluding hydrogens is 254 g/mol.